The molecule has 1 aliphatic carbocycles. The smallest absolute Gasteiger partial charge is 0.320 e. The van der Waals surface area contributed by atoms with Crippen molar-refractivity contribution in [2.24, 2.45) is 0 Å². The SMILES string of the molecule is Cc1cnc2c(c1)c(C#N)c(-c1ccc(S(=O)(=O)N[C@H](C)C(F)(F)F)cn1)n2C1CCC1. The maximum Gasteiger partial charge on any atom is 0.404 e. The minimum absolute atomic E-state index is 0.143. The molecule has 32 heavy (non-hydrogen) atoms. The van der Waals surface area contributed by atoms with Gasteiger partial charge in [0.1, 0.15) is 22.7 Å². The lowest BCUT2D eigenvalue weighted by molar-refractivity contribution is -0.147. The van der Waals surface area contributed by atoms with E-state index in [-0.39, 0.29) is 6.04 Å². The molecule has 0 saturated heterocycles. The Hall–Kier alpha value is -2.97. The summed E-state index contributed by atoms with van der Waals surface area (Å²) in [6, 6.07) is 4.59. The average molecular weight is 463 g/mol. The molecular weight excluding hydrogens is 443 g/mol. The number of nitrogens with zero attached hydrogens (tertiary/aromatic N) is 4. The second-order valence-corrected chi connectivity index (χ2v) is 9.65. The van der Waals surface area contributed by atoms with Crippen molar-refractivity contribution in [1.29, 1.82) is 5.26 Å². The van der Waals surface area contributed by atoms with Gasteiger partial charge in [0.25, 0.3) is 0 Å². The Morgan fingerprint density at radius 1 is 1.25 bits per heavy atom. The molecule has 0 amide bonds. The number of hydrogen-bond acceptors (Lipinski definition) is 5. The van der Waals surface area contributed by atoms with E-state index in [0.717, 1.165) is 37.9 Å². The molecule has 7 nitrogen and oxygen atoms in total. The van der Waals surface area contributed by atoms with Crippen LogP contribution in [0, 0.1) is 18.3 Å². The number of alkyl halides is 3. The van der Waals surface area contributed by atoms with Gasteiger partial charge in [0.15, 0.2) is 0 Å². The van der Waals surface area contributed by atoms with Gasteiger partial charge >= 0.3 is 6.18 Å². The minimum atomic E-state index is -4.71. The van der Waals surface area contributed by atoms with E-state index in [4.69, 9.17) is 0 Å². The van der Waals surface area contributed by atoms with Crippen LogP contribution in [-0.4, -0.2) is 35.2 Å². The van der Waals surface area contributed by atoms with E-state index in [1.807, 2.05) is 17.6 Å². The van der Waals surface area contributed by atoms with E-state index < -0.39 is 27.1 Å². The van der Waals surface area contributed by atoms with Crippen LogP contribution < -0.4 is 4.72 Å². The quantitative estimate of drug-likeness (QED) is 0.610. The molecule has 11 heteroatoms. The van der Waals surface area contributed by atoms with Crippen LogP contribution in [0.2, 0.25) is 0 Å². The lowest BCUT2D eigenvalue weighted by Crippen LogP contribution is -2.42. The highest BCUT2D eigenvalue weighted by molar-refractivity contribution is 7.89. The van der Waals surface area contributed by atoms with Crippen molar-refractivity contribution < 1.29 is 21.6 Å². The molecule has 1 saturated carbocycles. The molecule has 1 N–H and O–H groups in total. The molecule has 168 valence electrons. The summed E-state index contributed by atoms with van der Waals surface area (Å²) in [5.41, 5.74) is 2.82. The first-order valence-corrected chi connectivity index (χ1v) is 11.5. The number of aryl methyl sites for hydroxylation is 1. The monoisotopic (exact) mass is 463 g/mol. The van der Waals surface area contributed by atoms with Gasteiger partial charge in [-0.05, 0) is 56.9 Å². The number of aromatic nitrogens is 3. The summed E-state index contributed by atoms with van der Waals surface area (Å²) in [4.78, 5) is 8.34. The van der Waals surface area contributed by atoms with E-state index >= 15 is 0 Å². The van der Waals surface area contributed by atoms with E-state index in [1.54, 1.807) is 10.9 Å². The Balaban J connectivity index is 1.80. The zero-order valence-electron chi connectivity index (χ0n) is 17.3. The second-order valence-electron chi connectivity index (χ2n) is 7.94. The maximum absolute atomic E-state index is 12.8. The van der Waals surface area contributed by atoms with Crippen molar-refractivity contribution in [3.63, 3.8) is 0 Å². The van der Waals surface area contributed by atoms with Gasteiger partial charge in [-0.2, -0.15) is 23.2 Å². The van der Waals surface area contributed by atoms with Crippen LogP contribution in [0.5, 0.6) is 0 Å². The molecule has 0 bridgehead atoms. The van der Waals surface area contributed by atoms with Gasteiger partial charge in [0.2, 0.25) is 10.0 Å². The fourth-order valence-corrected chi connectivity index (χ4v) is 4.88. The predicted molar refractivity (Wildman–Crippen MR) is 111 cm³/mol. The Kier molecular flexibility index (Phi) is 5.46. The minimum Gasteiger partial charge on any atom is -0.320 e. The first-order chi connectivity index (χ1) is 15.0. The fraction of sp³-hybridized carbons (Fsp3) is 0.381. The van der Waals surface area contributed by atoms with Gasteiger partial charge in [-0.3, -0.25) is 4.98 Å². The van der Waals surface area contributed by atoms with Crippen LogP contribution in [0.4, 0.5) is 13.2 Å². The van der Waals surface area contributed by atoms with Crippen LogP contribution in [0.3, 0.4) is 0 Å². The molecule has 0 unspecified atom stereocenters. The van der Waals surface area contributed by atoms with Gasteiger partial charge in [0, 0.05) is 23.8 Å². The average Bonchev–Trinajstić information content (AvgIpc) is 2.99. The number of nitrogens with one attached hydrogen (secondary N) is 1. The number of sulfonamides is 1. The highest BCUT2D eigenvalue weighted by Crippen LogP contribution is 2.41. The van der Waals surface area contributed by atoms with Gasteiger partial charge in [-0.25, -0.2) is 13.4 Å². The Morgan fingerprint density at radius 3 is 2.50 bits per heavy atom. The van der Waals surface area contributed by atoms with E-state index in [0.29, 0.717) is 28.0 Å². The van der Waals surface area contributed by atoms with Crippen LogP contribution >= 0.6 is 0 Å². The molecule has 0 aliphatic heterocycles. The standard InChI is InChI=1S/C21H20F3N5O2S/c1-12-8-16-17(9-25)19(29(14-4-3-5-14)20(16)27-10-12)18-7-6-15(11-26-18)32(30,31)28-13(2)21(22,23)24/h6-8,10-11,13-14,28H,3-5H2,1-2H3/t13-/m1/s1. The lowest BCUT2D eigenvalue weighted by Gasteiger charge is -2.29. The summed E-state index contributed by atoms with van der Waals surface area (Å²) in [7, 11) is -4.42. The summed E-state index contributed by atoms with van der Waals surface area (Å²) >= 11 is 0. The van der Waals surface area contributed by atoms with Gasteiger partial charge < -0.3 is 4.57 Å². The van der Waals surface area contributed by atoms with Crippen LogP contribution in [0.25, 0.3) is 22.4 Å². The van der Waals surface area contributed by atoms with Crippen LogP contribution in [0.1, 0.15) is 43.4 Å². The topological polar surface area (TPSA) is 101 Å². The van der Waals surface area contributed by atoms with E-state index in [1.165, 1.54) is 12.1 Å². The number of halogens is 3. The van der Waals surface area contributed by atoms with Crippen molar-refractivity contribution in [1.82, 2.24) is 19.3 Å². The molecule has 1 aliphatic rings. The Bertz CT molecular complexity index is 1320. The number of hydrogen-bond donors (Lipinski definition) is 1. The van der Waals surface area contributed by atoms with Crippen LogP contribution in [0.15, 0.2) is 35.5 Å². The lowest BCUT2D eigenvalue weighted by atomic mass is 9.92. The van der Waals surface area contributed by atoms with Crippen molar-refractivity contribution in [2.45, 2.75) is 56.3 Å². The van der Waals surface area contributed by atoms with Gasteiger partial charge in [-0.1, -0.05) is 0 Å². The van der Waals surface area contributed by atoms with E-state index in [9.17, 15) is 26.9 Å². The summed E-state index contributed by atoms with van der Waals surface area (Å²) < 4.78 is 66.6. The summed E-state index contributed by atoms with van der Waals surface area (Å²) in [6.07, 6.45) is 0.899. The third-order valence-corrected chi connectivity index (χ3v) is 7.17. The molecule has 0 radical (unpaired) electrons. The third kappa shape index (κ3) is 3.84. The molecule has 4 rings (SSSR count). The predicted octanol–water partition coefficient (Wildman–Crippen LogP) is 4.23. The summed E-state index contributed by atoms with van der Waals surface area (Å²) in [5.74, 6) is 0. The van der Waals surface area contributed by atoms with Crippen LogP contribution in [-0.2, 0) is 10.0 Å². The zero-order valence-corrected chi connectivity index (χ0v) is 18.1. The Labute approximate surface area is 183 Å². The second kappa shape index (κ2) is 7.86. The van der Waals surface area contributed by atoms with E-state index in [2.05, 4.69) is 16.0 Å². The maximum atomic E-state index is 12.8. The fourth-order valence-electron chi connectivity index (χ4n) is 3.70. The molecule has 0 aromatic carbocycles. The first kappa shape index (κ1) is 22.2. The highest BCUT2D eigenvalue weighted by atomic mass is 32.2. The van der Waals surface area contributed by atoms with Crippen molar-refractivity contribution in [2.75, 3.05) is 0 Å². The number of nitriles is 1. The number of pyridine rings is 2. The van der Waals surface area contributed by atoms with Gasteiger partial charge in [-0.15, -0.1) is 0 Å². The molecule has 3 heterocycles. The van der Waals surface area contributed by atoms with Crippen molar-refractivity contribution in [3.05, 3.63) is 41.7 Å². The molecule has 1 fully saturated rings. The largest absolute Gasteiger partial charge is 0.404 e. The molecule has 1 atom stereocenters. The highest BCUT2D eigenvalue weighted by Gasteiger charge is 2.39. The molecule has 3 aromatic rings. The first-order valence-electron chi connectivity index (χ1n) is 9.99. The Morgan fingerprint density at radius 2 is 1.97 bits per heavy atom. The van der Waals surface area contributed by atoms with Crippen molar-refractivity contribution in [3.8, 4) is 17.5 Å². The van der Waals surface area contributed by atoms with Crippen molar-refractivity contribution >= 4 is 21.1 Å². The molecule has 3 aromatic heterocycles. The normalized spacial score (nSPS) is 16.0. The molecule has 0 spiro atoms. The third-order valence-electron chi connectivity index (χ3n) is 5.64. The number of rotatable bonds is 5. The zero-order chi connectivity index (χ0) is 23.3. The van der Waals surface area contributed by atoms with Gasteiger partial charge in [0.05, 0.1) is 17.0 Å². The number of fused-ring (bicyclic) bond motifs is 1. The summed E-state index contributed by atoms with van der Waals surface area (Å²) in [5, 5.41) is 10.6. The molecular formula is C21H20F3N5O2S. The summed E-state index contributed by atoms with van der Waals surface area (Å²) in [6.45, 7) is 2.60.